The molecule has 33 heavy (non-hydrogen) atoms. The molecule has 0 saturated heterocycles. The summed E-state index contributed by atoms with van der Waals surface area (Å²) in [6.07, 6.45) is 1.35. The number of aromatic amines is 1. The van der Waals surface area contributed by atoms with E-state index in [0.29, 0.717) is 35.7 Å². The van der Waals surface area contributed by atoms with Gasteiger partial charge in [-0.15, -0.1) is 0 Å². The maximum atomic E-state index is 12.6. The lowest BCUT2D eigenvalue weighted by Crippen LogP contribution is -2.41. The van der Waals surface area contributed by atoms with E-state index in [-0.39, 0.29) is 12.8 Å². The number of hydrogen-bond donors (Lipinski definition) is 4. The Morgan fingerprint density at radius 1 is 1.24 bits per heavy atom. The standard InChI is InChI=1S/C22H27N5O6/c1-32-18(28)8-7-16(22(31)33-2)25-20(29)14-5-3-13(4-6-14)9-10-27-12-24-19-15(21(27)30)11-17(23)26-19/h3-6,11-12,16,21,26,30H,7-10,23H2,1-2H3,(H,25,29)/t16-,21?/m0/s1. The van der Waals surface area contributed by atoms with E-state index in [9.17, 15) is 19.5 Å². The van der Waals surface area contributed by atoms with Gasteiger partial charge in [-0.05, 0) is 36.6 Å². The van der Waals surface area contributed by atoms with Crippen LogP contribution in [0.15, 0.2) is 35.3 Å². The lowest BCUT2D eigenvalue weighted by Gasteiger charge is -2.28. The van der Waals surface area contributed by atoms with Gasteiger partial charge in [0.15, 0.2) is 6.23 Å². The molecule has 11 heteroatoms. The van der Waals surface area contributed by atoms with Crippen molar-refractivity contribution in [1.29, 1.82) is 0 Å². The fraction of sp³-hybridized carbons (Fsp3) is 0.364. The van der Waals surface area contributed by atoms with Crippen molar-refractivity contribution in [2.45, 2.75) is 31.5 Å². The van der Waals surface area contributed by atoms with Crippen LogP contribution in [0.2, 0.25) is 0 Å². The number of hydrogen-bond acceptors (Lipinski definition) is 9. The van der Waals surface area contributed by atoms with Gasteiger partial charge in [0.2, 0.25) is 0 Å². The predicted molar refractivity (Wildman–Crippen MR) is 120 cm³/mol. The number of fused-ring (bicyclic) bond motifs is 1. The van der Waals surface area contributed by atoms with E-state index < -0.39 is 30.1 Å². The molecule has 1 aromatic carbocycles. The molecule has 1 aromatic heterocycles. The molecule has 0 aliphatic carbocycles. The maximum absolute atomic E-state index is 12.6. The first-order chi connectivity index (χ1) is 15.8. The second kappa shape index (κ2) is 10.6. The normalized spacial score (nSPS) is 15.5. The van der Waals surface area contributed by atoms with E-state index in [1.54, 1.807) is 41.6 Å². The number of anilines is 1. The number of ether oxygens (including phenoxy) is 2. The summed E-state index contributed by atoms with van der Waals surface area (Å²) in [5, 5.41) is 13.1. The first kappa shape index (κ1) is 23.8. The highest BCUT2D eigenvalue weighted by Gasteiger charge is 2.25. The Morgan fingerprint density at radius 2 is 1.97 bits per heavy atom. The number of rotatable bonds is 9. The number of methoxy groups -OCH3 is 2. The average Bonchev–Trinajstić information content (AvgIpc) is 3.21. The number of aliphatic imine (C=N–C) groups is 1. The van der Waals surface area contributed by atoms with E-state index in [1.165, 1.54) is 14.2 Å². The third kappa shape index (κ3) is 5.89. The lowest BCUT2D eigenvalue weighted by atomic mass is 10.1. The van der Waals surface area contributed by atoms with Gasteiger partial charge in [0.25, 0.3) is 5.91 Å². The van der Waals surface area contributed by atoms with Gasteiger partial charge < -0.3 is 35.5 Å². The van der Waals surface area contributed by atoms with Crippen LogP contribution in [-0.4, -0.2) is 66.0 Å². The molecule has 1 amide bonds. The molecular formula is C22H27N5O6. The number of nitrogen functional groups attached to an aromatic ring is 1. The second-order valence-electron chi connectivity index (χ2n) is 7.50. The van der Waals surface area contributed by atoms with Crippen LogP contribution < -0.4 is 11.1 Å². The van der Waals surface area contributed by atoms with E-state index in [2.05, 4.69) is 20.0 Å². The van der Waals surface area contributed by atoms with Gasteiger partial charge in [-0.25, -0.2) is 9.79 Å². The third-order valence-electron chi connectivity index (χ3n) is 5.31. The maximum Gasteiger partial charge on any atom is 0.328 e. The average molecular weight is 457 g/mol. The summed E-state index contributed by atoms with van der Waals surface area (Å²) in [7, 11) is 2.46. The van der Waals surface area contributed by atoms with Crippen molar-refractivity contribution in [1.82, 2.24) is 15.2 Å². The largest absolute Gasteiger partial charge is 0.469 e. The van der Waals surface area contributed by atoms with Crippen LogP contribution in [0.5, 0.6) is 0 Å². The molecule has 2 heterocycles. The van der Waals surface area contributed by atoms with Crippen molar-refractivity contribution >= 4 is 35.8 Å². The second-order valence-corrected chi connectivity index (χ2v) is 7.50. The van der Waals surface area contributed by atoms with Crippen LogP contribution >= 0.6 is 0 Å². The quantitative estimate of drug-likeness (QED) is 0.406. The zero-order valence-electron chi connectivity index (χ0n) is 18.4. The molecule has 2 atom stereocenters. The molecule has 5 N–H and O–H groups in total. The fourth-order valence-corrected chi connectivity index (χ4v) is 3.42. The molecule has 0 bridgehead atoms. The molecule has 11 nitrogen and oxygen atoms in total. The smallest absolute Gasteiger partial charge is 0.328 e. The van der Waals surface area contributed by atoms with Crippen LogP contribution in [0.4, 0.5) is 11.6 Å². The fourth-order valence-electron chi connectivity index (χ4n) is 3.42. The SMILES string of the molecule is COC(=O)CC[C@H](NC(=O)c1ccc(CCN2C=Nc3[nH]c(N)cc3C2O)cc1)C(=O)OC. The van der Waals surface area contributed by atoms with Gasteiger partial charge in [-0.2, -0.15) is 0 Å². The summed E-state index contributed by atoms with van der Waals surface area (Å²) in [6, 6.07) is 7.57. The van der Waals surface area contributed by atoms with Crippen molar-refractivity contribution < 1.29 is 29.0 Å². The number of H-pyrrole nitrogens is 1. The molecule has 2 aromatic rings. The van der Waals surface area contributed by atoms with Crippen molar-refractivity contribution in [3.8, 4) is 0 Å². The number of nitrogens with one attached hydrogen (secondary N) is 2. The van der Waals surface area contributed by atoms with Gasteiger partial charge in [0, 0.05) is 24.1 Å². The Labute approximate surface area is 190 Å². The van der Waals surface area contributed by atoms with Gasteiger partial charge >= 0.3 is 11.9 Å². The summed E-state index contributed by atoms with van der Waals surface area (Å²) in [4.78, 5) is 44.7. The molecule has 0 saturated carbocycles. The molecule has 0 radical (unpaired) electrons. The van der Waals surface area contributed by atoms with Crippen molar-refractivity contribution in [3.63, 3.8) is 0 Å². The van der Waals surface area contributed by atoms with E-state index >= 15 is 0 Å². The molecule has 1 unspecified atom stereocenters. The van der Waals surface area contributed by atoms with Crippen molar-refractivity contribution in [3.05, 3.63) is 47.0 Å². The van der Waals surface area contributed by atoms with Crippen LogP contribution in [0.3, 0.4) is 0 Å². The summed E-state index contributed by atoms with van der Waals surface area (Å²) in [6.45, 7) is 0.499. The number of carbonyl (C=O) groups excluding carboxylic acids is 3. The van der Waals surface area contributed by atoms with Gasteiger partial charge in [0.1, 0.15) is 17.7 Å². The molecule has 176 valence electrons. The predicted octanol–water partition coefficient (Wildman–Crippen LogP) is 1.03. The van der Waals surface area contributed by atoms with Gasteiger partial charge in [-0.3, -0.25) is 9.59 Å². The number of esters is 2. The minimum Gasteiger partial charge on any atom is -0.469 e. The highest BCUT2D eigenvalue weighted by molar-refractivity contribution is 5.96. The number of nitrogens with two attached hydrogens (primary N) is 1. The van der Waals surface area contributed by atoms with Gasteiger partial charge in [-0.1, -0.05) is 12.1 Å². The molecule has 3 rings (SSSR count). The summed E-state index contributed by atoms with van der Waals surface area (Å²) >= 11 is 0. The van der Waals surface area contributed by atoms with E-state index in [0.717, 1.165) is 5.56 Å². The number of aliphatic hydroxyl groups is 1. The Morgan fingerprint density at radius 3 is 2.64 bits per heavy atom. The Bertz CT molecular complexity index is 1030. The Hall–Kier alpha value is -3.86. The lowest BCUT2D eigenvalue weighted by molar-refractivity contribution is -0.144. The molecule has 1 aliphatic heterocycles. The first-order valence-electron chi connectivity index (χ1n) is 10.3. The number of amides is 1. The minimum atomic E-state index is -0.964. The van der Waals surface area contributed by atoms with Crippen molar-refractivity contribution in [2.75, 3.05) is 26.5 Å². The monoisotopic (exact) mass is 457 g/mol. The molecule has 0 spiro atoms. The molecular weight excluding hydrogens is 430 g/mol. The summed E-state index contributed by atoms with van der Waals surface area (Å²) < 4.78 is 9.28. The Balaban J connectivity index is 1.56. The number of nitrogens with zero attached hydrogens (tertiary/aromatic N) is 2. The third-order valence-corrected chi connectivity index (χ3v) is 5.31. The molecule has 0 fully saturated rings. The number of aromatic nitrogens is 1. The van der Waals surface area contributed by atoms with E-state index in [1.807, 2.05) is 0 Å². The zero-order valence-corrected chi connectivity index (χ0v) is 18.4. The topological polar surface area (TPSA) is 159 Å². The van der Waals surface area contributed by atoms with Crippen LogP contribution in [0, 0.1) is 0 Å². The zero-order chi connectivity index (χ0) is 24.0. The minimum absolute atomic E-state index is 0.0298. The Kier molecular flexibility index (Phi) is 7.67. The van der Waals surface area contributed by atoms with Gasteiger partial charge in [0.05, 0.1) is 20.6 Å². The summed E-state index contributed by atoms with van der Waals surface area (Å²) in [5.41, 5.74) is 7.65. The first-order valence-corrected chi connectivity index (χ1v) is 10.3. The van der Waals surface area contributed by atoms with Crippen molar-refractivity contribution in [2.24, 2.45) is 4.99 Å². The highest BCUT2D eigenvalue weighted by atomic mass is 16.5. The van der Waals surface area contributed by atoms with E-state index in [4.69, 9.17) is 10.5 Å². The van der Waals surface area contributed by atoms with Crippen LogP contribution in [0.1, 0.15) is 40.6 Å². The number of aliphatic hydroxyl groups excluding tert-OH is 1. The van der Waals surface area contributed by atoms with Crippen LogP contribution in [0.25, 0.3) is 0 Å². The summed E-state index contributed by atoms with van der Waals surface area (Å²) in [5.74, 6) is -0.603. The number of benzene rings is 1. The molecule has 1 aliphatic rings. The number of carbonyl (C=O) groups is 3. The van der Waals surface area contributed by atoms with Crippen LogP contribution in [-0.2, 0) is 25.5 Å². The highest BCUT2D eigenvalue weighted by Crippen LogP contribution is 2.32.